The Balaban J connectivity index is 4.44. The molecule has 0 rings (SSSR count). The van der Waals surface area contributed by atoms with Crippen LogP contribution in [0.5, 0.6) is 0 Å². The zero-order valence-corrected chi connectivity index (χ0v) is 19.7. The van der Waals surface area contributed by atoms with Crippen molar-refractivity contribution in [3.8, 4) is 0 Å². The molecular formula is C17H36O8S3. The fraction of sp³-hybridized carbons (Fsp3) is 1.00. The van der Waals surface area contributed by atoms with Crippen molar-refractivity contribution in [1.82, 2.24) is 0 Å². The molecule has 0 aromatic carbocycles. The van der Waals surface area contributed by atoms with Crippen LogP contribution in [-0.2, 0) is 38.4 Å². The summed E-state index contributed by atoms with van der Waals surface area (Å²) in [4.78, 5) is 0. The standard InChI is InChI=1S/C17H36O8S3/c1-4-5-6-7-8-9-10-11-12-15-28(22,23)17(16-25-27(3,20)21)13-14-24-26(2,18)19/h17H,4-16H2,1-3H3/t17-/m0/s1. The minimum Gasteiger partial charge on any atom is -0.270 e. The average Bonchev–Trinajstić information content (AvgIpc) is 2.54. The van der Waals surface area contributed by atoms with Crippen molar-refractivity contribution < 1.29 is 33.6 Å². The van der Waals surface area contributed by atoms with Gasteiger partial charge in [-0.2, -0.15) is 16.8 Å². The van der Waals surface area contributed by atoms with Crippen molar-refractivity contribution in [2.75, 3.05) is 31.5 Å². The highest BCUT2D eigenvalue weighted by atomic mass is 32.2. The molecule has 0 N–H and O–H groups in total. The maximum absolute atomic E-state index is 12.5. The first-order valence-electron chi connectivity index (χ1n) is 9.78. The topological polar surface area (TPSA) is 121 Å². The molecule has 0 saturated heterocycles. The van der Waals surface area contributed by atoms with E-state index < -0.39 is 41.9 Å². The first kappa shape index (κ1) is 27.8. The lowest BCUT2D eigenvalue weighted by Crippen LogP contribution is -2.31. The number of unbranched alkanes of at least 4 members (excludes halogenated alkanes) is 8. The molecule has 0 aliphatic rings. The van der Waals surface area contributed by atoms with Crippen molar-refractivity contribution in [1.29, 1.82) is 0 Å². The molecular weight excluding hydrogens is 428 g/mol. The molecule has 0 spiro atoms. The summed E-state index contributed by atoms with van der Waals surface area (Å²) in [5, 5.41) is -1.13. The van der Waals surface area contributed by atoms with Gasteiger partial charge >= 0.3 is 0 Å². The molecule has 170 valence electrons. The van der Waals surface area contributed by atoms with Gasteiger partial charge in [-0.15, -0.1) is 0 Å². The van der Waals surface area contributed by atoms with Crippen molar-refractivity contribution in [3.63, 3.8) is 0 Å². The highest BCUT2D eigenvalue weighted by Gasteiger charge is 2.27. The van der Waals surface area contributed by atoms with Gasteiger partial charge in [0.15, 0.2) is 9.84 Å². The first-order chi connectivity index (χ1) is 12.9. The Kier molecular flexibility index (Phi) is 13.8. The molecule has 0 aromatic heterocycles. The lowest BCUT2D eigenvalue weighted by molar-refractivity contribution is 0.274. The number of hydrogen-bond donors (Lipinski definition) is 0. The molecule has 0 fully saturated rings. The molecule has 0 unspecified atom stereocenters. The summed E-state index contributed by atoms with van der Waals surface area (Å²) < 4.78 is 78.7. The van der Waals surface area contributed by atoms with Crippen LogP contribution in [0.3, 0.4) is 0 Å². The van der Waals surface area contributed by atoms with Gasteiger partial charge in [0.05, 0.1) is 36.7 Å². The SMILES string of the molecule is CCCCCCCCCCCS(=O)(=O)[C@@H](CCOS(C)(=O)=O)COS(C)(=O)=O. The number of hydrogen-bond acceptors (Lipinski definition) is 8. The van der Waals surface area contributed by atoms with Crippen LogP contribution in [0, 0.1) is 0 Å². The monoisotopic (exact) mass is 464 g/mol. The maximum Gasteiger partial charge on any atom is 0.264 e. The van der Waals surface area contributed by atoms with Crippen molar-refractivity contribution in [3.05, 3.63) is 0 Å². The first-order valence-corrected chi connectivity index (χ1v) is 15.1. The predicted molar refractivity (Wildman–Crippen MR) is 111 cm³/mol. The summed E-state index contributed by atoms with van der Waals surface area (Å²) >= 11 is 0. The van der Waals surface area contributed by atoms with Crippen molar-refractivity contribution >= 4 is 30.1 Å². The molecule has 0 heterocycles. The molecule has 0 radical (unpaired) electrons. The maximum atomic E-state index is 12.5. The van der Waals surface area contributed by atoms with E-state index in [2.05, 4.69) is 15.3 Å². The molecule has 0 aliphatic heterocycles. The van der Waals surface area contributed by atoms with E-state index in [0.717, 1.165) is 38.2 Å². The molecule has 0 aliphatic carbocycles. The van der Waals surface area contributed by atoms with Gasteiger partial charge in [0, 0.05) is 0 Å². The Morgan fingerprint density at radius 1 is 0.679 bits per heavy atom. The van der Waals surface area contributed by atoms with Crippen LogP contribution in [-0.4, -0.2) is 62.0 Å². The Hall–Kier alpha value is -0.230. The van der Waals surface area contributed by atoms with Crippen LogP contribution in [0.25, 0.3) is 0 Å². The Labute approximate surface area is 171 Å². The summed E-state index contributed by atoms with van der Waals surface area (Å²) in [6.07, 6.45) is 10.9. The quantitative estimate of drug-likeness (QED) is 0.224. The van der Waals surface area contributed by atoms with E-state index in [0.29, 0.717) is 6.42 Å². The number of rotatable bonds is 18. The van der Waals surface area contributed by atoms with Crippen LogP contribution in [0.4, 0.5) is 0 Å². The van der Waals surface area contributed by atoms with E-state index in [1.807, 2.05) is 0 Å². The molecule has 11 heteroatoms. The molecule has 0 bridgehead atoms. The summed E-state index contributed by atoms with van der Waals surface area (Å²) in [6, 6.07) is 0. The van der Waals surface area contributed by atoms with E-state index in [9.17, 15) is 25.3 Å². The molecule has 8 nitrogen and oxygen atoms in total. The molecule has 0 saturated carbocycles. The lowest BCUT2D eigenvalue weighted by atomic mass is 10.1. The van der Waals surface area contributed by atoms with E-state index in [-0.39, 0.29) is 18.8 Å². The average molecular weight is 465 g/mol. The summed E-state index contributed by atoms with van der Waals surface area (Å²) in [5.41, 5.74) is 0. The second-order valence-electron chi connectivity index (χ2n) is 7.12. The minimum atomic E-state index is -3.80. The van der Waals surface area contributed by atoms with Gasteiger partial charge in [-0.25, -0.2) is 8.42 Å². The van der Waals surface area contributed by atoms with Crippen LogP contribution >= 0.6 is 0 Å². The van der Waals surface area contributed by atoms with E-state index in [4.69, 9.17) is 0 Å². The van der Waals surface area contributed by atoms with E-state index >= 15 is 0 Å². The summed E-state index contributed by atoms with van der Waals surface area (Å²) in [5.74, 6) is -0.0838. The fourth-order valence-corrected chi connectivity index (χ4v) is 5.24. The Morgan fingerprint density at radius 2 is 1.14 bits per heavy atom. The van der Waals surface area contributed by atoms with Gasteiger partial charge in [0.2, 0.25) is 0 Å². The largest absolute Gasteiger partial charge is 0.270 e. The number of sulfone groups is 1. The third-order valence-corrected chi connectivity index (χ3v) is 7.65. The lowest BCUT2D eigenvalue weighted by Gasteiger charge is -2.17. The normalized spacial score (nSPS) is 14.2. The van der Waals surface area contributed by atoms with E-state index in [1.165, 1.54) is 25.7 Å². The second kappa shape index (κ2) is 13.9. The van der Waals surface area contributed by atoms with Gasteiger partial charge in [0.25, 0.3) is 20.2 Å². The Bertz CT molecular complexity index is 712. The van der Waals surface area contributed by atoms with Crippen LogP contribution in [0.15, 0.2) is 0 Å². The minimum absolute atomic E-state index is 0.0838. The summed E-state index contributed by atoms with van der Waals surface area (Å²) in [7, 11) is -11.1. The van der Waals surface area contributed by atoms with Crippen molar-refractivity contribution in [2.24, 2.45) is 0 Å². The third kappa shape index (κ3) is 16.7. The highest BCUT2D eigenvalue weighted by Crippen LogP contribution is 2.15. The third-order valence-electron chi connectivity index (χ3n) is 4.25. The van der Waals surface area contributed by atoms with Gasteiger partial charge in [-0.05, 0) is 12.8 Å². The molecule has 1 atom stereocenters. The molecule has 0 aromatic rings. The fourth-order valence-electron chi connectivity index (χ4n) is 2.68. The predicted octanol–water partition coefficient (Wildman–Crippen LogP) is 2.64. The van der Waals surface area contributed by atoms with Gasteiger partial charge in [0.1, 0.15) is 0 Å². The second-order valence-corrected chi connectivity index (χ2v) is 12.8. The molecule has 28 heavy (non-hydrogen) atoms. The van der Waals surface area contributed by atoms with Crippen molar-refractivity contribution in [2.45, 2.75) is 76.4 Å². The highest BCUT2D eigenvalue weighted by molar-refractivity contribution is 7.92. The van der Waals surface area contributed by atoms with Gasteiger partial charge < -0.3 is 0 Å². The van der Waals surface area contributed by atoms with Crippen LogP contribution in [0.1, 0.15) is 71.1 Å². The van der Waals surface area contributed by atoms with Gasteiger partial charge in [-0.1, -0.05) is 58.3 Å². The smallest absolute Gasteiger partial charge is 0.264 e. The zero-order valence-electron chi connectivity index (χ0n) is 17.3. The molecule has 0 amide bonds. The summed E-state index contributed by atoms with van der Waals surface area (Å²) in [6.45, 7) is 1.29. The van der Waals surface area contributed by atoms with Crippen LogP contribution in [0.2, 0.25) is 0 Å². The van der Waals surface area contributed by atoms with Crippen LogP contribution < -0.4 is 0 Å². The Morgan fingerprint density at radius 3 is 1.61 bits per heavy atom. The van der Waals surface area contributed by atoms with Gasteiger partial charge in [-0.3, -0.25) is 8.37 Å². The zero-order chi connectivity index (χ0) is 21.7. The van der Waals surface area contributed by atoms with E-state index in [1.54, 1.807) is 0 Å².